The summed E-state index contributed by atoms with van der Waals surface area (Å²) in [5.74, 6) is 2.34. The third-order valence-corrected chi connectivity index (χ3v) is 3.55. The van der Waals surface area contributed by atoms with Crippen LogP contribution in [0.25, 0.3) is 0 Å². The van der Waals surface area contributed by atoms with E-state index >= 15 is 0 Å². The van der Waals surface area contributed by atoms with Crippen LogP contribution in [0.15, 0.2) is 54.6 Å². The zero-order valence-corrected chi connectivity index (χ0v) is 14.2. The number of urea groups is 1. The lowest BCUT2D eigenvalue weighted by atomic mass is 10.2. The van der Waals surface area contributed by atoms with Gasteiger partial charge >= 0.3 is 6.03 Å². The summed E-state index contributed by atoms with van der Waals surface area (Å²) in [4.78, 5) is 25.5. The molecule has 0 aliphatic heterocycles. The van der Waals surface area contributed by atoms with Gasteiger partial charge in [0.05, 0.1) is 0 Å². The topological polar surface area (TPSA) is 61.4 Å². The number of nitrogens with zero attached hydrogens (tertiary/aromatic N) is 1. The third-order valence-electron chi connectivity index (χ3n) is 3.55. The van der Waals surface area contributed by atoms with Gasteiger partial charge in [-0.2, -0.15) is 0 Å². The van der Waals surface area contributed by atoms with Crippen LogP contribution >= 0.6 is 0 Å². The van der Waals surface area contributed by atoms with E-state index < -0.39 is 0 Å². The number of anilines is 1. The van der Waals surface area contributed by atoms with E-state index in [1.807, 2.05) is 30.3 Å². The maximum absolute atomic E-state index is 12.0. The van der Waals surface area contributed by atoms with Gasteiger partial charge in [0.25, 0.3) is 0 Å². The van der Waals surface area contributed by atoms with Crippen LogP contribution in [0, 0.1) is 12.3 Å². The van der Waals surface area contributed by atoms with E-state index in [-0.39, 0.29) is 24.9 Å². The van der Waals surface area contributed by atoms with Gasteiger partial charge in [-0.05, 0) is 23.8 Å². The molecule has 0 radical (unpaired) electrons. The van der Waals surface area contributed by atoms with Crippen molar-refractivity contribution in [2.24, 2.45) is 0 Å². The fraction of sp³-hybridized carbons (Fsp3) is 0.200. The molecule has 0 heterocycles. The minimum Gasteiger partial charge on any atom is -0.337 e. The molecule has 0 aliphatic carbocycles. The molecule has 0 atom stereocenters. The van der Waals surface area contributed by atoms with Crippen molar-refractivity contribution >= 4 is 17.6 Å². The highest BCUT2D eigenvalue weighted by atomic mass is 16.2. The van der Waals surface area contributed by atoms with Gasteiger partial charge in [0.15, 0.2) is 0 Å². The molecule has 0 bridgehead atoms. The summed E-state index contributed by atoms with van der Waals surface area (Å²) in [6.07, 6.45) is 5.52. The van der Waals surface area contributed by atoms with Gasteiger partial charge in [-0.25, -0.2) is 4.79 Å². The van der Waals surface area contributed by atoms with Crippen molar-refractivity contribution in [1.29, 1.82) is 0 Å². The van der Waals surface area contributed by atoms with Crippen molar-refractivity contribution in [2.75, 3.05) is 18.9 Å². The molecule has 2 rings (SSSR count). The van der Waals surface area contributed by atoms with Gasteiger partial charge in [-0.15, -0.1) is 6.42 Å². The first kappa shape index (κ1) is 18.1. The molecule has 0 aliphatic rings. The molecule has 2 aromatic carbocycles. The Morgan fingerprint density at radius 1 is 1.12 bits per heavy atom. The fourth-order valence-corrected chi connectivity index (χ4v) is 2.26. The van der Waals surface area contributed by atoms with E-state index in [4.69, 9.17) is 6.42 Å². The highest BCUT2D eigenvalue weighted by Crippen LogP contribution is 2.09. The van der Waals surface area contributed by atoms with Gasteiger partial charge < -0.3 is 15.5 Å². The van der Waals surface area contributed by atoms with E-state index in [9.17, 15) is 9.59 Å². The van der Waals surface area contributed by atoms with Crippen molar-refractivity contribution in [3.05, 3.63) is 65.7 Å². The quantitative estimate of drug-likeness (QED) is 0.798. The maximum atomic E-state index is 12.0. The molecule has 0 saturated heterocycles. The maximum Gasteiger partial charge on any atom is 0.317 e. The number of rotatable bonds is 6. The van der Waals surface area contributed by atoms with Gasteiger partial charge in [-0.1, -0.05) is 42.3 Å². The van der Waals surface area contributed by atoms with Crippen molar-refractivity contribution in [2.45, 2.75) is 13.0 Å². The van der Waals surface area contributed by atoms with Crippen LogP contribution < -0.4 is 10.6 Å². The highest BCUT2D eigenvalue weighted by Gasteiger charge is 2.09. The minimum absolute atomic E-state index is 0.180. The molecule has 5 nitrogen and oxygen atoms in total. The van der Waals surface area contributed by atoms with Crippen molar-refractivity contribution < 1.29 is 9.59 Å². The summed E-state index contributed by atoms with van der Waals surface area (Å²) >= 11 is 0. The first-order valence-electron chi connectivity index (χ1n) is 7.98. The van der Waals surface area contributed by atoms with Crippen LogP contribution in [-0.2, 0) is 11.3 Å². The van der Waals surface area contributed by atoms with Crippen LogP contribution in [0.3, 0.4) is 0 Å². The van der Waals surface area contributed by atoms with Crippen molar-refractivity contribution in [3.8, 4) is 12.3 Å². The Hall–Kier alpha value is -3.26. The molecule has 5 heteroatoms. The molecule has 0 spiro atoms. The lowest BCUT2D eigenvalue weighted by Gasteiger charge is -2.18. The Kier molecular flexibility index (Phi) is 6.61. The summed E-state index contributed by atoms with van der Waals surface area (Å²) < 4.78 is 0. The van der Waals surface area contributed by atoms with Crippen LogP contribution in [0.5, 0.6) is 0 Å². The van der Waals surface area contributed by atoms with E-state index in [0.29, 0.717) is 17.8 Å². The van der Waals surface area contributed by atoms with Gasteiger partial charge in [0.1, 0.15) is 0 Å². The second-order valence-corrected chi connectivity index (χ2v) is 5.60. The average Bonchev–Trinajstić information content (AvgIpc) is 2.62. The number of terminal acetylenes is 1. The van der Waals surface area contributed by atoms with E-state index in [1.165, 1.54) is 0 Å². The number of amides is 3. The lowest BCUT2D eigenvalue weighted by molar-refractivity contribution is -0.116. The number of nitrogens with one attached hydrogen (secondary N) is 2. The number of carbonyl (C=O) groups is 2. The predicted octanol–water partition coefficient (Wildman–Crippen LogP) is 2.84. The summed E-state index contributed by atoms with van der Waals surface area (Å²) in [5, 5.41) is 5.50. The molecule has 2 N–H and O–H groups in total. The summed E-state index contributed by atoms with van der Waals surface area (Å²) in [6.45, 7) is 0.774. The molecular formula is C20H21N3O2. The number of benzene rings is 2. The second kappa shape index (κ2) is 9.14. The molecule has 2 aromatic rings. The summed E-state index contributed by atoms with van der Waals surface area (Å²) in [5.41, 5.74) is 2.40. The predicted molar refractivity (Wildman–Crippen MR) is 98.9 cm³/mol. The van der Waals surface area contributed by atoms with E-state index in [0.717, 1.165) is 5.56 Å². The molecule has 128 valence electrons. The first-order valence-corrected chi connectivity index (χ1v) is 7.98. The smallest absolute Gasteiger partial charge is 0.317 e. The molecule has 0 unspecified atom stereocenters. The van der Waals surface area contributed by atoms with Gasteiger partial charge in [0.2, 0.25) is 5.91 Å². The van der Waals surface area contributed by atoms with Crippen LogP contribution in [0.1, 0.15) is 17.5 Å². The summed E-state index contributed by atoms with van der Waals surface area (Å²) in [6, 6.07) is 16.6. The van der Waals surface area contributed by atoms with E-state index in [2.05, 4.69) is 16.6 Å². The Balaban J connectivity index is 1.73. The Morgan fingerprint density at radius 2 is 1.88 bits per heavy atom. The van der Waals surface area contributed by atoms with Crippen LogP contribution in [0.4, 0.5) is 10.5 Å². The Bertz CT molecular complexity index is 766. The molecule has 0 saturated carbocycles. The summed E-state index contributed by atoms with van der Waals surface area (Å²) in [7, 11) is 1.72. The first-order chi connectivity index (χ1) is 12.1. The van der Waals surface area contributed by atoms with Crippen LogP contribution in [-0.4, -0.2) is 30.4 Å². The average molecular weight is 335 g/mol. The third kappa shape index (κ3) is 6.04. The SMILES string of the molecule is C#Cc1cccc(NC(=O)CCNC(=O)N(C)Cc2ccccc2)c1. The lowest BCUT2D eigenvalue weighted by Crippen LogP contribution is -2.38. The largest absolute Gasteiger partial charge is 0.337 e. The van der Waals surface area contributed by atoms with Gasteiger partial charge in [-0.3, -0.25) is 4.79 Å². The number of hydrogen-bond donors (Lipinski definition) is 2. The van der Waals surface area contributed by atoms with Gasteiger partial charge in [0, 0.05) is 37.8 Å². The highest BCUT2D eigenvalue weighted by molar-refractivity contribution is 5.91. The molecule has 3 amide bonds. The van der Waals surface area contributed by atoms with Crippen molar-refractivity contribution in [3.63, 3.8) is 0 Å². The molecular weight excluding hydrogens is 314 g/mol. The normalized spacial score (nSPS) is 9.76. The van der Waals surface area contributed by atoms with Crippen molar-refractivity contribution in [1.82, 2.24) is 10.2 Å². The molecule has 0 aromatic heterocycles. The Labute approximate surface area is 148 Å². The minimum atomic E-state index is -0.217. The standard InChI is InChI=1S/C20H21N3O2/c1-3-16-10-7-11-18(14-16)22-19(24)12-13-21-20(25)23(2)15-17-8-5-4-6-9-17/h1,4-11,14H,12-13,15H2,2H3,(H,21,25)(H,22,24). The number of hydrogen-bond acceptors (Lipinski definition) is 2. The zero-order chi connectivity index (χ0) is 18.1. The second-order valence-electron chi connectivity index (χ2n) is 5.60. The Morgan fingerprint density at radius 3 is 2.60 bits per heavy atom. The number of carbonyl (C=O) groups excluding carboxylic acids is 2. The molecule has 25 heavy (non-hydrogen) atoms. The van der Waals surface area contributed by atoms with Crippen LogP contribution in [0.2, 0.25) is 0 Å². The molecule has 0 fully saturated rings. The fourth-order valence-electron chi connectivity index (χ4n) is 2.26. The van der Waals surface area contributed by atoms with E-state index in [1.54, 1.807) is 36.2 Å². The zero-order valence-electron chi connectivity index (χ0n) is 14.2. The monoisotopic (exact) mass is 335 g/mol.